The van der Waals surface area contributed by atoms with E-state index < -0.39 is 11.8 Å². The van der Waals surface area contributed by atoms with Gasteiger partial charge in [-0.1, -0.05) is 18.2 Å². The topological polar surface area (TPSA) is 67.9 Å². The molecule has 0 saturated carbocycles. The maximum Gasteiger partial charge on any atom is 0.239 e. The van der Waals surface area contributed by atoms with E-state index in [1.807, 2.05) is 0 Å². The smallest absolute Gasteiger partial charge is 0.239 e. The minimum absolute atomic E-state index is 0.0428. The Morgan fingerprint density at radius 2 is 2.00 bits per heavy atom. The van der Waals surface area contributed by atoms with Gasteiger partial charge < -0.3 is 19.7 Å². The van der Waals surface area contributed by atoms with Crippen LogP contribution in [0, 0.1) is 11.7 Å². The van der Waals surface area contributed by atoms with Crippen LogP contribution in [0.15, 0.2) is 42.5 Å². The van der Waals surface area contributed by atoms with E-state index >= 15 is 0 Å². The van der Waals surface area contributed by atoms with Gasteiger partial charge >= 0.3 is 0 Å². The summed E-state index contributed by atoms with van der Waals surface area (Å²) in [6, 6.07) is 11.4. The molecule has 1 N–H and O–H groups in total. The molecular weight excluding hydrogens is 351 g/mol. The Kier molecular flexibility index (Phi) is 5.59. The molecule has 27 heavy (non-hydrogen) atoms. The minimum atomic E-state index is -0.802. The van der Waals surface area contributed by atoms with Crippen LogP contribution in [0.4, 0.5) is 10.1 Å². The lowest BCUT2D eigenvalue weighted by atomic mass is 10.1. The summed E-state index contributed by atoms with van der Waals surface area (Å²) in [6.07, 6.45) is 0.386. The average Bonchev–Trinajstić information content (AvgIpc) is 3.07. The number of methoxy groups -OCH3 is 2. The Balaban J connectivity index is 1.69. The zero-order chi connectivity index (χ0) is 19.4. The molecule has 1 saturated heterocycles. The molecule has 0 bridgehead atoms. The first kappa shape index (κ1) is 18.7. The second kappa shape index (κ2) is 8.07. The number of hydrogen-bond acceptors (Lipinski definition) is 4. The fraction of sp³-hybridized carbons (Fsp3) is 0.300. The van der Waals surface area contributed by atoms with Crippen LogP contribution in [0.3, 0.4) is 0 Å². The van der Waals surface area contributed by atoms with Gasteiger partial charge in [0.05, 0.1) is 19.9 Å². The Morgan fingerprint density at radius 3 is 2.70 bits per heavy atom. The lowest BCUT2D eigenvalue weighted by Gasteiger charge is -2.20. The molecule has 0 aliphatic carbocycles. The molecule has 7 heteroatoms. The Bertz CT molecular complexity index is 856. The Labute approximate surface area is 156 Å². The van der Waals surface area contributed by atoms with E-state index in [9.17, 15) is 14.0 Å². The number of carbonyl (C=O) groups excluding carboxylic acids is 2. The molecule has 2 amide bonds. The summed E-state index contributed by atoms with van der Waals surface area (Å²) in [5.74, 6) is -0.789. The molecule has 1 heterocycles. The molecule has 2 aromatic rings. The fourth-order valence-corrected chi connectivity index (χ4v) is 3.12. The monoisotopic (exact) mass is 372 g/mol. The van der Waals surface area contributed by atoms with Gasteiger partial charge in [-0.05, 0) is 24.6 Å². The summed E-state index contributed by atoms with van der Waals surface area (Å²) in [5, 5.41) is 2.65. The van der Waals surface area contributed by atoms with E-state index in [-0.39, 0.29) is 18.3 Å². The highest BCUT2D eigenvalue weighted by Gasteiger charge is 2.38. The standard InChI is InChI=1S/C20H21FN2O4/c1-26-14-7-8-17(18(11-14)27-2)23-10-9-15(20(23)25)19(24)22-12-13-5-3-4-6-16(13)21/h3-8,11,15H,9-10,12H2,1-2H3,(H,22,24). The van der Waals surface area contributed by atoms with Gasteiger partial charge in [-0.3, -0.25) is 9.59 Å². The van der Waals surface area contributed by atoms with Crippen LogP contribution in [-0.2, 0) is 16.1 Å². The van der Waals surface area contributed by atoms with E-state index in [0.717, 1.165) is 0 Å². The van der Waals surface area contributed by atoms with Crippen molar-refractivity contribution in [3.05, 3.63) is 53.8 Å². The van der Waals surface area contributed by atoms with E-state index in [2.05, 4.69) is 5.32 Å². The Morgan fingerprint density at radius 1 is 1.22 bits per heavy atom. The third-order valence-corrected chi connectivity index (χ3v) is 4.61. The van der Waals surface area contributed by atoms with Crippen LogP contribution in [0.5, 0.6) is 11.5 Å². The van der Waals surface area contributed by atoms with Crippen molar-refractivity contribution in [2.24, 2.45) is 5.92 Å². The average molecular weight is 372 g/mol. The number of nitrogens with zero attached hydrogens (tertiary/aromatic N) is 1. The van der Waals surface area contributed by atoms with Crippen LogP contribution >= 0.6 is 0 Å². The summed E-state index contributed by atoms with van der Waals surface area (Å²) in [7, 11) is 3.06. The van der Waals surface area contributed by atoms with Crippen LogP contribution in [-0.4, -0.2) is 32.6 Å². The maximum absolute atomic E-state index is 13.7. The number of halogens is 1. The lowest BCUT2D eigenvalue weighted by Crippen LogP contribution is -2.36. The van der Waals surface area contributed by atoms with Gasteiger partial charge in [-0.25, -0.2) is 4.39 Å². The SMILES string of the molecule is COc1ccc(N2CCC(C(=O)NCc3ccccc3F)C2=O)c(OC)c1. The van der Waals surface area contributed by atoms with Crippen molar-refractivity contribution in [2.75, 3.05) is 25.7 Å². The number of amides is 2. The second-order valence-corrected chi connectivity index (χ2v) is 6.18. The van der Waals surface area contributed by atoms with Crippen molar-refractivity contribution in [3.63, 3.8) is 0 Å². The molecule has 6 nitrogen and oxygen atoms in total. The molecular formula is C20H21FN2O4. The number of nitrogens with one attached hydrogen (secondary N) is 1. The minimum Gasteiger partial charge on any atom is -0.497 e. The van der Waals surface area contributed by atoms with Crippen molar-refractivity contribution in [1.29, 1.82) is 0 Å². The summed E-state index contributed by atoms with van der Waals surface area (Å²) < 4.78 is 24.2. The third-order valence-electron chi connectivity index (χ3n) is 4.61. The van der Waals surface area contributed by atoms with Crippen molar-refractivity contribution in [2.45, 2.75) is 13.0 Å². The predicted molar refractivity (Wildman–Crippen MR) is 98.3 cm³/mol. The van der Waals surface area contributed by atoms with Gasteiger partial charge in [0.15, 0.2) is 0 Å². The number of anilines is 1. The van der Waals surface area contributed by atoms with E-state index in [4.69, 9.17) is 9.47 Å². The Hall–Kier alpha value is -3.09. The first-order valence-electron chi connectivity index (χ1n) is 8.59. The molecule has 1 aliphatic rings. The molecule has 3 rings (SSSR count). The van der Waals surface area contributed by atoms with Gasteiger partial charge in [0.2, 0.25) is 11.8 Å². The van der Waals surface area contributed by atoms with E-state index in [1.165, 1.54) is 18.1 Å². The van der Waals surface area contributed by atoms with Crippen LogP contribution in [0.1, 0.15) is 12.0 Å². The molecule has 142 valence electrons. The highest BCUT2D eigenvalue weighted by Crippen LogP contribution is 2.35. The van der Waals surface area contributed by atoms with Crippen LogP contribution in [0.2, 0.25) is 0 Å². The number of benzene rings is 2. The molecule has 1 unspecified atom stereocenters. The maximum atomic E-state index is 13.7. The molecule has 0 spiro atoms. The van der Waals surface area contributed by atoms with Gasteiger partial charge in [0.1, 0.15) is 23.2 Å². The van der Waals surface area contributed by atoms with Gasteiger partial charge in [-0.2, -0.15) is 0 Å². The normalized spacial score (nSPS) is 16.3. The van der Waals surface area contributed by atoms with Gasteiger partial charge in [0.25, 0.3) is 0 Å². The van der Waals surface area contributed by atoms with Crippen molar-refractivity contribution in [3.8, 4) is 11.5 Å². The summed E-state index contributed by atoms with van der Waals surface area (Å²) in [4.78, 5) is 26.7. The molecule has 1 fully saturated rings. The largest absolute Gasteiger partial charge is 0.497 e. The van der Waals surface area contributed by atoms with Crippen molar-refractivity contribution >= 4 is 17.5 Å². The number of hydrogen-bond donors (Lipinski definition) is 1. The van der Waals surface area contributed by atoms with Crippen molar-refractivity contribution in [1.82, 2.24) is 5.32 Å². The highest BCUT2D eigenvalue weighted by atomic mass is 19.1. The highest BCUT2D eigenvalue weighted by molar-refractivity contribution is 6.10. The molecule has 2 aromatic carbocycles. The van der Waals surface area contributed by atoms with Gasteiger partial charge in [0, 0.05) is 24.7 Å². The number of rotatable bonds is 6. The first-order chi connectivity index (χ1) is 13.0. The van der Waals surface area contributed by atoms with E-state index in [0.29, 0.717) is 35.7 Å². The summed E-state index contributed by atoms with van der Waals surface area (Å²) in [5.41, 5.74) is 0.970. The van der Waals surface area contributed by atoms with Crippen LogP contribution in [0.25, 0.3) is 0 Å². The zero-order valence-corrected chi connectivity index (χ0v) is 15.2. The first-order valence-corrected chi connectivity index (χ1v) is 8.59. The lowest BCUT2D eigenvalue weighted by molar-refractivity contribution is -0.132. The molecule has 1 aliphatic heterocycles. The summed E-state index contributed by atoms with van der Waals surface area (Å²) >= 11 is 0. The second-order valence-electron chi connectivity index (χ2n) is 6.18. The van der Waals surface area contributed by atoms with Crippen LogP contribution < -0.4 is 19.7 Å². The molecule has 0 radical (unpaired) electrons. The fourth-order valence-electron chi connectivity index (χ4n) is 3.12. The number of ether oxygens (including phenoxy) is 2. The summed E-state index contributed by atoms with van der Waals surface area (Å²) in [6.45, 7) is 0.445. The van der Waals surface area contributed by atoms with Gasteiger partial charge in [-0.15, -0.1) is 0 Å². The predicted octanol–water partition coefficient (Wildman–Crippen LogP) is 2.51. The molecule has 0 aromatic heterocycles. The quantitative estimate of drug-likeness (QED) is 0.792. The third kappa shape index (κ3) is 3.86. The van der Waals surface area contributed by atoms with Crippen molar-refractivity contribution < 1.29 is 23.5 Å². The van der Waals surface area contributed by atoms with E-state index in [1.54, 1.807) is 43.5 Å². The molecule has 1 atom stereocenters. The zero-order valence-electron chi connectivity index (χ0n) is 15.2. The number of carbonyl (C=O) groups is 2.